The van der Waals surface area contributed by atoms with E-state index in [0.717, 1.165) is 55.5 Å². The van der Waals surface area contributed by atoms with Gasteiger partial charge >= 0.3 is 0 Å². The Labute approximate surface area is 221 Å². The molecular weight excluding hydrogens is 502 g/mol. The van der Waals surface area contributed by atoms with Crippen molar-refractivity contribution in [1.29, 1.82) is 0 Å². The molecule has 4 aromatic rings. The normalized spacial score (nSPS) is 18.6. The number of aromatic nitrogens is 4. The van der Waals surface area contributed by atoms with Crippen LogP contribution < -0.4 is 0 Å². The Morgan fingerprint density at radius 1 is 0.974 bits per heavy atom. The molecule has 0 aliphatic carbocycles. The molecule has 0 amide bonds. The molecule has 196 valence electrons. The van der Waals surface area contributed by atoms with Crippen molar-refractivity contribution in [3.63, 3.8) is 0 Å². The number of morpholine rings is 1. The first-order chi connectivity index (χ1) is 18.5. The Morgan fingerprint density at radius 2 is 1.76 bits per heavy atom. The molecule has 0 radical (unpaired) electrons. The fraction of sp³-hybridized carbons (Fsp3) is 0.357. The molecule has 0 N–H and O–H groups in total. The van der Waals surface area contributed by atoms with Gasteiger partial charge in [-0.15, -0.1) is 0 Å². The highest BCUT2D eigenvalue weighted by Gasteiger charge is 2.36. The lowest BCUT2D eigenvalue weighted by atomic mass is 10.0. The highest BCUT2D eigenvalue weighted by atomic mass is 32.2. The van der Waals surface area contributed by atoms with Crippen LogP contribution in [0.4, 0.5) is 0 Å². The maximum Gasteiger partial charge on any atom is 0.183 e. The van der Waals surface area contributed by atoms with Gasteiger partial charge in [0.25, 0.3) is 0 Å². The second kappa shape index (κ2) is 9.16. The van der Waals surface area contributed by atoms with Gasteiger partial charge in [-0.25, -0.2) is 18.1 Å². The molecule has 0 unspecified atom stereocenters. The molecule has 10 heteroatoms. The molecule has 2 aromatic carbocycles. The van der Waals surface area contributed by atoms with Crippen molar-refractivity contribution in [1.82, 2.24) is 24.2 Å². The first-order valence-electron chi connectivity index (χ1n) is 13.0. The minimum absolute atomic E-state index is 0.109. The van der Waals surface area contributed by atoms with E-state index in [1.54, 1.807) is 12.3 Å². The van der Waals surface area contributed by atoms with E-state index in [0.29, 0.717) is 47.3 Å². The molecule has 5 heterocycles. The second-order valence-corrected chi connectivity index (χ2v) is 12.1. The third-order valence-electron chi connectivity index (χ3n) is 7.60. The number of hydrogen-bond acceptors (Lipinski definition) is 7. The van der Waals surface area contributed by atoms with E-state index < -0.39 is 9.84 Å². The van der Waals surface area contributed by atoms with Crippen LogP contribution >= 0.6 is 0 Å². The van der Waals surface area contributed by atoms with Gasteiger partial charge in [0, 0.05) is 37.3 Å². The largest absolute Gasteiger partial charge is 0.379 e. The summed E-state index contributed by atoms with van der Waals surface area (Å²) in [7, 11) is -3.54. The highest BCUT2D eigenvalue weighted by molar-refractivity contribution is 7.91. The average Bonchev–Trinajstić information content (AvgIpc) is 3.51. The molecule has 7 rings (SSSR count). The van der Waals surface area contributed by atoms with Gasteiger partial charge in [-0.05, 0) is 36.2 Å². The molecule has 0 bridgehead atoms. The number of rotatable bonds is 4. The SMILES string of the molecule is Cc1ccc2c(c1)S(=O)(=O)Cc1c(-c3ncc4n3CCOC4)nn(-c3ccc(CN4CCOCC4)cc3)c1-2. The third kappa shape index (κ3) is 3.99. The number of benzene rings is 2. The van der Waals surface area contributed by atoms with Crippen LogP contribution in [0.2, 0.25) is 0 Å². The van der Waals surface area contributed by atoms with Crippen LogP contribution in [-0.2, 0) is 44.8 Å². The maximum atomic E-state index is 13.5. The standard InChI is InChI=1S/C28H29N5O4S/c1-19-2-7-23-25(14-19)38(34,35)18-24-26(28-29-15-22-17-37-13-10-32(22)28)30-33(27(23)24)21-5-3-20(4-6-21)16-31-8-11-36-12-9-31/h2-7,14-15H,8-13,16-18H2,1H3. The summed E-state index contributed by atoms with van der Waals surface area (Å²) in [4.78, 5) is 7.43. The zero-order valence-electron chi connectivity index (χ0n) is 21.3. The van der Waals surface area contributed by atoms with Crippen molar-refractivity contribution < 1.29 is 17.9 Å². The van der Waals surface area contributed by atoms with Crippen molar-refractivity contribution in [2.75, 3.05) is 32.9 Å². The highest BCUT2D eigenvalue weighted by Crippen LogP contribution is 2.43. The van der Waals surface area contributed by atoms with E-state index in [2.05, 4.69) is 38.7 Å². The number of hydrogen-bond donors (Lipinski definition) is 0. The van der Waals surface area contributed by atoms with Crippen LogP contribution in [-0.4, -0.2) is 65.6 Å². The van der Waals surface area contributed by atoms with Crippen molar-refractivity contribution in [3.05, 3.63) is 71.0 Å². The lowest BCUT2D eigenvalue weighted by Gasteiger charge is -2.26. The summed E-state index contributed by atoms with van der Waals surface area (Å²) in [6.45, 7) is 7.92. The molecule has 0 atom stereocenters. The second-order valence-electron chi connectivity index (χ2n) is 10.2. The van der Waals surface area contributed by atoms with Gasteiger partial charge in [0.2, 0.25) is 0 Å². The Balaban J connectivity index is 1.37. The molecule has 2 aromatic heterocycles. The van der Waals surface area contributed by atoms with Crippen LogP contribution in [0.15, 0.2) is 53.6 Å². The first-order valence-corrected chi connectivity index (χ1v) is 14.6. The van der Waals surface area contributed by atoms with Gasteiger partial charge in [-0.3, -0.25) is 4.90 Å². The summed E-state index contributed by atoms with van der Waals surface area (Å²) >= 11 is 0. The molecule has 3 aliphatic heterocycles. The summed E-state index contributed by atoms with van der Waals surface area (Å²) in [6, 6.07) is 14.0. The van der Waals surface area contributed by atoms with Crippen LogP contribution in [0.3, 0.4) is 0 Å². The third-order valence-corrected chi connectivity index (χ3v) is 9.27. The first kappa shape index (κ1) is 23.8. The fourth-order valence-electron chi connectivity index (χ4n) is 5.64. The predicted octanol–water partition coefficient (Wildman–Crippen LogP) is 3.36. The number of ether oxygens (including phenoxy) is 2. The van der Waals surface area contributed by atoms with Gasteiger partial charge < -0.3 is 14.0 Å². The summed E-state index contributed by atoms with van der Waals surface area (Å²) in [5.74, 6) is 0.579. The number of nitrogens with zero attached hydrogens (tertiary/aromatic N) is 5. The Bertz CT molecular complexity index is 1630. The van der Waals surface area contributed by atoms with Gasteiger partial charge in [-0.1, -0.05) is 24.3 Å². The monoisotopic (exact) mass is 531 g/mol. The Morgan fingerprint density at radius 3 is 2.58 bits per heavy atom. The molecule has 38 heavy (non-hydrogen) atoms. The van der Waals surface area contributed by atoms with Gasteiger partial charge in [0.15, 0.2) is 15.7 Å². The summed E-state index contributed by atoms with van der Waals surface area (Å²) in [5, 5.41) is 5.05. The predicted molar refractivity (Wildman–Crippen MR) is 142 cm³/mol. The summed E-state index contributed by atoms with van der Waals surface area (Å²) < 4.78 is 42.0. The van der Waals surface area contributed by atoms with E-state index in [1.807, 2.05) is 23.7 Å². The minimum Gasteiger partial charge on any atom is -0.379 e. The molecule has 3 aliphatic rings. The van der Waals surface area contributed by atoms with Gasteiger partial charge in [0.05, 0.1) is 60.3 Å². The molecule has 9 nitrogen and oxygen atoms in total. The van der Waals surface area contributed by atoms with Crippen molar-refractivity contribution in [2.24, 2.45) is 0 Å². The van der Waals surface area contributed by atoms with Crippen molar-refractivity contribution in [2.45, 2.75) is 37.3 Å². The van der Waals surface area contributed by atoms with E-state index in [-0.39, 0.29) is 5.75 Å². The van der Waals surface area contributed by atoms with E-state index in [4.69, 9.17) is 14.6 Å². The summed E-state index contributed by atoms with van der Waals surface area (Å²) in [6.07, 6.45) is 1.80. The van der Waals surface area contributed by atoms with Gasteiger partial charge in [-0.2, -0.15) is 5.10 Å². The van der Waals surface area contributed by atoms with E-state index in [9.17, 15) is 8.42 Å². The lowest BCUT2D eigenvalue weighted by molar-refractivity contribution is 0.0342. The molecule has 1 saturated heterocycles. The van der Waals surface area contributed by atoms with Crippen LogP contribution in [0.1, 0.15) is 22.4 Å². The molecular formula is C28H29N5O4S. The van der Waals surface area contributed by atoms with E-state index in [1.165, 1.54) is 5.56 Å². The topological polar surface area (TPSA) is 91.5 Å². The average molecular weight is 532 g/mol. The Hall–Kier alpha value is -3.31. The zero-order valence-corrected chi connectivity index (χ0v) is 22.1. The zero-order chi connectivity index (χ0) is 25.9. The molecule has 0 saturated carbocycles. The van der Waals surface area contributed by atoms with Crippen LogP contribution in [0, 0.1) is 6.92 Å². The lowest BCUT2D eigenvalue weighted by Crippen LogP contribution is -2.35. The number of sulfone groups is 1. The number of fused-ring (bicyclic) bond motifs is 4. The molecule has 1 fully saturated rings. The van der Waals surface area contributed by atoms with E-state index >= 15 is 0 Å². The number of imidazole rings is 1. The maximum absolute atomic E-state index is 13.5. The smallest absolute Gasteiger partial charge is 0.183 e. The van der Waals surface area contributed by atoms with Crippen molar-refractivity contribution >= 4 is 9.84 Å². The van der Waals surface area contributed by atoms with Crippen LogP contribution in [0.5, 0.6) is 0 Å². The quantitative estimate of drug-likeness (QED) is 0.399. The number of aryl methyl sites for hydroxylation is 1. The van der Waals surface area contributed by atoms with Crippen LogP contribution in [0.25, 0.3) is 28.5 Å². The van der Waals surface area contributed by atoms with Crippen molar-refractivity contribution in [3.8, 4) is 28.5 Å². The fourth-order valence-corrected chi connectivity index (χ4v) is 7.31. The molecule has 0 spiro atoms. The Kier molecular flexibility index (Phi) is 5.73. The van der Waals surface area contributed by atoms with Gasteiger partial charge in [0.1, 0.15) is 5.69 Å². The minimum atomic E-state index is -3.54. The summed E-state index contributed by atoms with van der Waals surface area (Å²) in [5.41, 5.74) is 6.79.